The minimum Gasteiger partial charge on any atom is -0.332 e. The molecule has 0 fully saturated rings. The van der Waals surface area contributed by atoms with E-state index in [1.54, 1.807) is 6.07 Å². The van der Waals surface area contributed by atoms with Crippen LogP contribution in [-0.2, 0) is 12.7 Å². The Balaban J connectivity index is 1.62. The summed E-state index contributed by atoms with van der Waals surface area (Å²) in [6, 6.07) is 12.8. The molecule has 1 aromatic heterocycles. The first-order chi connectivity index (χ1) is 12.8. The lowest BCUT2D eigenvalue weighted by molar-refractivity contribution is -0.137. The molecular weight excluding hydrogens is 375 g/mol. The Morgan fingerprint density at radius 3 is 2.63 bits per heavy atom. The Kier molecular flexibility index (Phi) is 5.41. The Hall–Kier alpha value is -2.94. The van der Waals surface area contributed by atoms with Crippen molar-refractivity contribution in [2.24, 2.45) is 0 Å². The number of hydrogen-bond acceptors (Lipinski definition) is 3. The first-order valence-electron chi connectivity index (χ1n) is 8.00. The standard InChI is InChI=1S/C18H16F3N5S/c1-12-4-2-7-15(8-12)23-17(27)24-16-22-11-26(25-16)10-13-5-3-6-14(9-13)18(19,20)21/h2-9,11H,10H2,1H3,(H2,23,24,25,27). The molecule has 140 valence electrons. The van der Waals surface area contributed by atoms with Crippen LogP contribution in [-0.4, -0.2) is 19.9 Å². The van der Waals surface area contributed by atoms with Gasteiger partial charge in [0, 0.05) is 5.69 Å². The van der Waals surface area contributed by atoms with Gasteiger partial charge >= 0.3 is 6.18 Å². The van der Waals surface area contributed by atoms with E-state index in [2.05, 4.69) is 20.7 Å². The first-order valence-corrected chi connectivity index (χ1v) is 8.41. The van der Waals surface area contributed by atoms with E-state index in [9.17, 15) is 13.2 Å². The zero-order valence-electron chi connectivity index (χ0n) is 14.3. The number of nitrogens with one attached hydrogen (secondary N) is 2. The fourth-order valence-electron chi connectivity index (χ4n) is 2.45. The van der Waals surface area contributed by atoms with Gasteiger partial charge in [-0.1, -0.05) is 24.3 Å². The average molecular weight is 391 g/mol. The predicted octanol–water partition coefficient (Wildman–Crippen LogP) is 4.46. The predicted molar refractivity (Wildman–Crippen MR) is 102 cm³/mol. The summed E-state index contributed by atoms with van der Waals surface area (Å²) in [4.78, 5) is 4.07. The number of nitrogens with zero attached hydrogens (tertiary/aromatic N) is 3. The van der Waals surface area contributed by atoms with Crippen molar-refractivity contribution in [2.45, 2.75) is 19.6 Å². The van der Waals surface area contributed by atoms with E-state index in [0.717, 1.165) is 23.4 Å². The topological polar surface area (TPSA) is 54.8 Å². The van der Waals surface area contributed by atoms with Crippen molar-refractivity contribution in [1.82, 2.24) is 14.8 Å². The Morgan fingerprint density at radius 1 is 1.11 bits per heavy atom. The molecule has 0 aliphatic carbocycles. The number of rotatable bonds is 4. The van der Waals surface area contributed by atoms with Gasteiger partial charge in [0.2, 0.25) is 5.95 Å². The van der Waals surface area contributed by atoms with Gasteiger partial charge in [-0.2, -0.15) is 13.2 Å². The number of aromatic nitrogens is 3. The highest BCUT2D eigenvalue weighted by molar-refractivity contribution is 7.80. The Bertz CT molecular complexity index is 952. The zero-order chi connectivity index (χ0) is 19.4. The van der Waals surface area contributed by atoms with E-state index in [1.807, 2.05) is 31.2 Å². The van der Waals surface area contributed by atoms with Crippen LogP contribution >= 0.6 is 12.2 Å². The van der Waals surface area contributed by atoms with E-state index in [-0.39, 0.29) is 12.5 Å². The minimum absolute atomic E-state index is 0.163. The maximum atomic E-state index is 12.8. The van der Waals surface area contributed by atoms with Crippen molar-refractivity contribution in [2.75, 3.05) is 10.6 Å². The van der Waals surface area contributed by atoms with Crippen LogP contribution in [0.5, 0.6) is 0 Å². The third kappa shape index (κ3) is 5.27. The van der Waals surface area contributed by atoms with Crippen LogP contribution in [0.3, 0.4) is 0 Å². The molecular formula is C18H16F3N5S. The Labute approximate surface area is 159 Å². The quantitative estimate of drug-likeness (QED) is 0.643. The third-order valence-corrected chi connectivity index (χ3v) is 3.84. The number of benzene rings is 2. The Morgan fingerprint density at radius 2 is 1.89 bits per heavy atom. The van der Waals surface area contributed by atoms with Gasteiger partial charge < -0.3 is 5.32 Å². The van der Waals surface area contributed by atoms with Crippen LogP contribution in [0.4, 0.5) is 24.8 Å². The van der Waals surface area contributed by atoms with Crippen molar-refractivity contribution >= 4 is 29.0 Å². The average Bonchev–Trinajstić information content (AvgIpc) is 3.01. The number of hydrogen-bond donors (Lipinski definition) is 2. The number of aryl methyl sites for hydroxylation is 1. The number of halogens is 3. The molecule has 0 radical (unpaired) electrons. The molecule has 0 saturated carbocycles. The molecule has 0 aliphatic rings. The van der Waals surface area contributed by atoms with Gasteiger partial charge in [-0.3, -0.25) is 5.32 Å². The summed E-state index contributed by atoms with van der Waals surface area (Å²) in [6.07, 6.45) is -2.95. The van der Waals surface area contributed by atoms with Crippen LogP contribution in [0.2, 0.25) is 0 Å². The molecule has 0 unspecified atom stereocenters. The second kappa shape index (κ2) is 7.75. The molecule has 0 bridgehead atoms. The molecule has 3 rings (SSSR count). The van der Waals surface area contributed by atoms with Crippen LogP contribution in [0.15, 0.2) is 54.9 Å². The number of thiocarbonyl (C=S) groups is 1. The van der Waals surface area contributed by atoms with Crippen LogP contribution in [0.25, 0.3) is 0 Å². The second-order valence-electron chi connectivity index (χ2n) is 5.91. The lowest BCUT2D eigenvalue weighted by Gasteiger charge is -2.09. The van der Waals surface area contributed by atoms with Gasteiger partial charge in [-0.15, -0.1) is 5.10 Å². The highest BCUT2D eigenvalue weighted by atomic mass is 32.1. The molecule has 2 N–H and O–H groups in total. The second-order valence-corrected chi connectivity index (χ2v) is 6.32. The van der Waals surface area contributed by atoms with E-state index in [4.69, 9.17) is 12.2 Å². The smallest absolute Gasteiger partial charge is 0.332 e. The number of alkyl halides is 3. The maximum absolute atomic E-state index is 12.8. The van der Waals surface area contributed by atoms with Crippen LogP contribution in [0.1, 0.15) is 16.7 Å². The van der Waals surface area contributed by atoms with Crippen LogP contribution in [0, 0.1) is 6.92 Å². The molecule has 27 heavy (non-hydrogen) atoms. The molecule has 1 heterocycles. The highest BCUT2D eigenvalue weighted by Crippen LogP contribution is 2.29. The van der Waals surface area contributed by atoms with E-state index in [0.29, 0.717) is 10.7 Å². The summed E-state index contributed by atoms with van der Waals surface area (Å²) >= 11 is 5.22. The molecule has 0 spiro atoms. The highest BCUT2D eigenvalue weighted by Gasteiger charge is 2.30. The summed E-state index contributed by atoms with van der Waals surface area (Å²) in [7, 11) is 0. The monoisotopic (exact) mass is 391 g/mol. The summed E-state index contributed by atoms with van der Waals surface area (Å²) in [5.41, 5.74) is 1.70. The summed E-state index contributed by atoms with van der Waals surface area (Å²) < 4.78 is 39.8. The molecule has 9 heteroatoms. The van der Waals surface area contributed by atoms with Gasteiger partial charge in [-0.25, -0.2) is 9.67 Å². The number of anilines is 2. The first kappa shape index (κ1) is 18.8. The van der Waals surface area contributed by atoms with E-state index >= 15 is 0 Å². The van der Waals surface area contributed by atoms with Gasteiger partial charge in [-0.05, 0) is 54.5 Å². The van der Waals surface area contributed by atoms with Gasteiger partial charge in [0.25, 0.3) is 0 Å². The minimum atomic E-state index is -4.38. The zero-order valence-corrected chi connectivity index (χ0v) is 15.1. The molecule has 2 aromatic carbocycles. The van der Waals surface area contributed by atoms with Gasteiger partial charge in [0.1, 0.15) is 6.33 Å². The summed E-state index contributed by atoms with van der Waals surface area (Å²) in [5.74, 6) is 0.257. The fraction of sp³-hybridized carbons (Fsp3) is 0.167. The molecule has 3 aromatic rings. The maximum Gasteiger partial charge on any atom is 0.416 e. The molecule has 0 amide bonds. The van der Waals surface area contributed by atoms with E-state index < -0.39 is 11.7 Å². The summed E-state index contributed by atoms with van der Waals surface area (Å²) in [6.45, 7) is 2.13. The van der Waals surface area contributed by atoms with E-state index in [1.165, 1.54) is 17.1 Å². The molecule has 0 aliphatic heterocycles. The summed E-state index contributed by atoms with van der Waals surface area (Å²) in [5, 5.41) is 10.4. The molecule has 0 saturated heterocycles. The lowest BCUT2D eigenvalue weighted by Crippen LogP contribution is -2.20. The normalized spacial score (nSPS) is 11.3. The van der Waals surface area contributed by atoms with Crippen molar-refractivity contribution in [1.29, 1.82) is 0 Å². The SMILES string of the molecule is Cc1cccc(NC(=S)Nc2ncn(Cc3cccc(C(F)(F)F)c3)n2)c1. The molecule has 0 atom stereocenters. The van der Waals surface area contributed by atoms with Gasteiger partial charge in [0.05, 0.1) is 12.1 Å². The van der Waals surface area contributed by atoms with Crippen molar-refractivity contribution in [3.05, 3.63) is 71.5 Å². The third-order valence-electron chi connectivity index (χ3n) is 3.64. The fourth-order valence-corrected chi connectivity index (χ4v) is 2.66. The van der Waals surface area contributed by atoms with Gasteiger partial charge in [0.15, 0.2) is 5.11 Å². The largest absolute Gasteiger partial charge is 0.416 e. The van der Waals surface area contributed by atoms with Crippen molar-refractivity contribution < 1.29 is 13.2 Å². The lowest BCUT2D eigenvalue weighted by atomic mass is 10.1. The van der Waals surface area contributed by atoms with Crippen LogP contribution < -0.4 is 10.6 Å². The molecule has 5 nitrogen and oxygen atoms in total. The van der Waals surface area contributed by atoms with Crippen molar-refractivity contribution in [3.63, 3.8) is 0 Å². The van der Waals surface area contributed by atoms with Crippen molar-refractivity contribution in [3.8, 4) is 0 Å².